The van der Waals surface area contributed by atoms with Gasteiger partial charge in [0, 0.05) is 0 Å². The minimum absolute atomic E-state index is 0. The first kappa shape index (κ1) is 74.7. The van der Waals surface area contributed by atoms with Gasteiger partial charge in [0.2, 0.25) is 0 Å². The molecule has 0 heterocycles. The Balaban J connectivity index is 0. The normalized spacial score (nSPS) is 0. The molecule has 0 saturated heterocycles. The van der Waals surface area contributed by atoms with Gasteiger partial charge in [-0.05, 0) is 0 Å². The molecule has 0 aromatic carbocycles. The van der Waals surface area contributed by atoms with E-state index in [-0.39, 0.29) is 119 Å². The maximum Gasteiger partial charge on any atom is 2.00 e. The van der Waals surface area contributed by atoms with Crippen LogP contribution in [0.5, 0.6) is 0 Å². The number of rotatable bonds is 0. The molecule has 0 nitrogen and oxygen atoms in total. The Labute approximate surface area is 118 Å². The molecule has 0 aliphatic heterocycles. The molecular weight excluding hydrogens is 391 g/mol. The van der Waals surface area contributed by atoms with Crippen molar-refractivity contribution in [1.82, 2.24) is 0 Å². The van der Waals surface area contributed by atoms with Crippen molar-refractivity contribution in [3.63, 3.8) is 0 Å². The van der Waals surface area contributed by atoms with Gasteiger partial charge < -0.3 is 0 Å². The standard InChI is InChI=1S/7Fe/q7*+2. The van der Waals surface area contributed by atoms with E-state index in [9.17, 15) is 0 Å². The van der Waals surface area contributed by atoms with Crippen molar-refractivity contribution >= 4 is 0 Å². The van der Waals surface area contributed by atoms with Gasteiger partial charge in [-0.3, -0.25) is 0 Å². The molecule has 7 heteroatoms. The maximum atomic E-state index is 0. The average Bonchev–Trinajstić information content (AvgIpc) is 0. The summed E-state index contributed by atoms with van der Waals surface area (Å²) in [6.45, 7) is 0. The number of hydrogen-bond acceptors (Lipinski definition) is 0. The van der Waals surface area contributed by atoms with Crippen LogP contribution < -0.4 is 0 Å². The molecule has 0 spiro atoms. The van der Waals surface area contributed by atoms with E-state index in [1.807, 2.05) is 0 Å². The molecule has 42 valence electrons. The van der Waals surface area contributed by atoms with Crippen molar-refractivity contribution in [3.05, 3.63) is 0 Å². The molecule has 0 aliphatic carbocycles. The van der Waals surface area contributed by atoms with Gasteiger partial charge in [-0.2, -0.15) is 0 Å². The maximum absolute atomic E-state index is 0. The monoisotopic (exact) mass is 392 g/mol. The van der Waals surface area contributed by atoms with Crippen molar-refractivity contribution in [3.8, 4) is 0 Å². The van der Waals surface area contributed by atoms with Crippen LogP contribution in [0.25, 0.3) is 0 Å². The third-order valence-corrected chi connectivity index (χ3v) is 0. The van der Waals surface area contributed by atoms with Crippen LogP contribution in [0.15, 0.2) is 0 Å². The SMILES string of the molecule is [Fe+2].[Fe+2].[Fe+2].[Fe+2].[Fe+2].[Fe+2].[Fe+2]. The number of hydrogen-bond donors (Lipinski definition) is 0. The predicted molar refractivity (Wildman–Crippen MR) is 0 cm³/mol. The van der Waals surface area contributed by atoms with Crippen molar-refractivity contribution in [2.75, 3.05) is 0 Å². The van der Waals surface area contributed by atoms with Crippen LogP contribution in [0.1, 0.15) is 0 Å². The largest absolute Gasteiger partial charge is 2.00 e. The Kier molecular flexibility index (Phi) is 580. The molecule has 0 aromatic heterocycles. The van der Waals surface area contributed by atoms with E-state index in [1.54, 1.807) is 0 Å². The van der Waals surface area contributed by atoms with E-state index in [0.717, 1.165) is 0 Å². The van der Waals surface area contributed by atoms with Crippen molar-refractivity contribution in [1.29, 1.82) is 0 Å². The molecule has 0 fully saturated rings. The quantitative estimate of drug-likeness (QED) is 0.510. The fraction of sp³-hybridized carbons (Fsp3) is 0. The van der Waals surface area contributed by atoms with Crippen LogP contribution >= 0.6 is 0 Å². The third-order valence-electron chi connectivity index (χ3n) is 0. The molecular formula is Fe7+14. The van der Waals surface area contributed by atoms with Gasteiger partial charge in [-0.25, -0.2) is 0 Å². The van der Waals surface area contributed by atoms with Crippen molar-refractivity contribution in [2.45, 2.75) is 0 Å². The Morgan fingerprint density at radius 3 is 0.143 bits per heavy atom. The van der Waals surface area contributed by atoms with Gasteiger partial charge in [0.25, 0.3) is 0 Å². The molecule has 0 radical (unpaired) electrons. The Morgan fingerprint density at radius 2 is 0.143 bits per heavy atom. The van der Waals surface area contributed by atoms with E-state index in [4.69, 9.17) is 0 Å². The second-order valence-electron chi connectivity index (χ2n) is 0. The van der Waals surface area contributed by atoms with Crippen LogP contribution in [0, 0.1) is 0 Å². The van der Waals surface area contributed by atoms with E-state index in [2.05, 4.69) is 0 Å². The molecule has 0 atom stereocenters. The summed E-state index contributed by atoms with van der Waals surface area (Å²) in [4.78, 5) is 0. The molecule has 0 aliphatic rings. The topological polar surface area (TPSA) is 0 Å². The van der Waals surface area contributed by atoms with Gasteiger partial charge >= 0.3 is 119 Å². The molecule has 7 heavy (non-hydrogen) atoms. The summed E-state index contributed by atoms with van der Waals surface area (Å²) in [6, 6.07) is 0. The van der Waals surface area contributed by atoms with Crippen molar-refractivity contribution < 1.29 is 119 Å². The first-order chi connectivity index (χ1) is 0. The van der Waals surface area contributed by atoms with Crippen LogP contribution in [0.4, 0.5) is 0 Å². The summed E-state index contributed by atoms with van der Waals surface area (Å²) in [7, 11) is 0. The smallest absolute Gasteiger partial charge is 2.00 e. The van der Waals surface area contributed by atoms with E-state index in [1.165, 1.54) is 0 Å². The fourth-order valence-electron chi connectivity index (χ4n) is 0. The van der Waals surface area contributed by atoms with Gasteiger partial charge in [-0.15, -0.1) is 0 Å². The molecule has 0 bridgehead atoms. The summed E-state index contributed by atoms with van der Waals surface area (Å²) in [5.41, 5.74) is 0. The Hall–Kier alpha value is 3.64. The van der Waals surface area contributed by atoms with Gasteiger partial charge in [0.1, 0.15) is 0 Å². The van der Waals surface area contributed by atoms with Gasteiger partial charge in [-0.1, -0.05) is 0 Å². The van der Waals surface area contributed by atoms with Crippen LogP contribution in [-0.2, 0) is 119 Å². The van der Waals surface area contributed by atoms with Crippen LogP contribution in [0.2, 0.25) is 0 Å². The molecule has 0 aromatic rings. The zero-order chi connectivity index (χ0) is 0. The van der Waals surface area contributed by atoms with Gasteiger partial charge in [0.15, 0.2) is 0 Å². The zero-order valence-electron chi connectivity index (χ0n) is 2.47. The Bertz CT molecular complexity index is 0. The summed E-state index contributed by atoms with van der Waals surface area (Å²) >= 11 is 0. The van der Waals surface area contributed by atoms with Crippen molar-refractivity contribution in [2.24, 2.45) is 0 Å². The summed E-state index contributed by atoms with van der Waals surface area (Å²) < 4.78 is 0. The summed E-state index contributed by atoms with van der Waals surface area (Å²) in [5.74, 6) is 0. The minimum atomic E-state index is 0. The fourth-order valence-corrected chi connectivity index (χ4v) is 0. The second-order valence-corrected chi connectivity index (χ2v) is 0. The van der Waals surface area contributed by atoms with E-state index in [0.29, 0.717) is 0 Å². The van der Waals surface area contributed by atoms with Gasteiger partial charge in [0.05, 0.1) is 0 Å². The molecule has 0 amide bonds. The second kappa shape index (κ2) is 54.4. The molecule has 0 rings (SSSR count). The summed E-state index contributed by atoms with van der Waals surface area (Å²) in [5, 5.41) is 0. The van der Waals surface area contributed by atoms with Crippen LogP contribution in [-0.4, -0.2) is 0 Å². The van der Waals surface area contributed by atoms with E-state index < -0.39 is 0 Å². The Morgan fingerprint density at radius 1 is 0.143 bits per heavy atom. The first-order valence-corrected chi connectivity index (χ1v) is 0. The minimum Gasteiger partial charge on any atom is 2.00 e. The summed E-state index contributed by atoms with van der Waals surface area (Å²) in [6.07, 6.45) is 0. The average molecular weight is 391 g/mol. The zero-order valence-corrected chi connectivity index (χ0v) is 10.2. The molecule has 0 N–H and O–H groups in total. The molecule has 0 unspecified atom stereocenters. The molecule has 0 saturated carbocycles. The first-order valence-electron chi connectivity index (χ1n) is 0. The van der Waals surface area contributed by atoms with E-state index >= 15 is 0 Å². The predicted octanol–water partition coefficient (Wildman–Crippen LogP) is -0.0175. The third kappa shape index (κ3) is 42.5. The van der Waals surface area contributed by atoms with Crippen LogP contribution in [0.3, 0.4) is 0 Å².